The summed E-state index contributed by atoms with van der Waals surface area (Å²) in [4.78, 5) is 2.31. The number of piperidine rings is 1. The van der Waals surface area contributed by atoms with E-state index in [9.17, 15) is 8.78 Å². The maximum absolute atomic E-state index is 13.7. The van der Waals surface area contributed by atoms with Crippen molar-refractivity contribution in [3.63, 3.8) is 0 Å². The van der Waals surface area contributed by atoms with Gasteiger partial charge in [0.25, 0.3) is 0 Å². The minimum absolute atomic E-state index is 0.440. The molecule has 2 rings (SSSR count). The van der Waals surface area contributed by atoms with Crippen LogP contribution in [-0.4, -0.2) is 30.6 Å². The van der Waals surface area contributed by atoms with E-state index in [1.54, 1.807) is 6.07 Å². The topological polar surface area (TPSA) is 15.3 Å². The van der Waals surface area contributed by atoms with Gasteiger partial charge in [0.05, 0.1) is 0 Å². The molecule has 0 aromatic heterocycles. The monoisotopic (exact) mass is 268 g/mol. The summed E-state index contributed by atoms with van der Waals surface area (Å²) in [5, 5.41) is 3.39. The Kier molecular flexibility index (Phi) is 5.28. The molecule has 1 aliphatic rings. The van der Waals surface area contributed by atoms with Gasteiger partial charge in [-0.25, -0.2) is 8.78 Å². The van der Waals surface area contributed by atoms with E-state index in [1.165, 1.54) is 6.07 Å². The van der Waals surface area contributed by atoms with Crippen molar-refractivity contribution in [2.75, 3.05) is 19.6 Å². The van der Waals surface area contributed by atoms with E-state index >= 15 is 0 Å². The fourth-order valence-corrected chi connectivity index (χ4v) is 2.69. The molecule has 1 aliphatic heterocycles. The maximum atomic E-state index is 13.7. The Morgan fingerprint density at radius 1 is 1.37 bits per heavy atom. The lowest BCUT2D eigenvalue weighted by Gasteiger charge is -2.34. The van der Waals surface area contributed by atoms with Crippen LogP contribution in [-0.2, 0) is 6.54 Å². The maximum Gasteiger partial charge on any atom is 0.130 e. The molecule has 1 aromatic rings. The highest BCUT2D eigenvalue weighted by Crippen LogP contribution is 2.17. The van der Waals surface area contributed by atoms with Crippen LogP contribution in [0.25, 0.3) is 0 Å². The van der Waals surface area contributed by atoms with Crippen LogP contribution in [0.15, 0.2) is 18.2 Å². The van der Waals surface area contributed by atoms with Gasteiger partial charge >= 0.3 is 0 Å². The molecular formula is C15H22F2N2. The van der Waals surface area contributed by atoms with Gasteiger partial charge < -0.3 is 5.32 Å². The van der Waals surface area contributed by atoms with Crippen LogP contribution in [0.1, 0.15) is 31.7 Å². The average Bonchev–Trinajstić information content (AvgIpc) is 2.42. The molecule has 0 aliphatic carbocycles. The van der Waals surface area contributed by atoms with Crippen LogP contribution >= 0.6 is 0 Å². The van der Waals surface area contributed by atoms with Gasteiger partial charge in [0, 0.05) is 30.8 Å². The van der Waals surface area contributed by atoms with Crippen LogP contribution in [0.4, 0.5) is 8.78 Å². The first-order valence-electron chi connectivity index (χ1n) is 7.09. The lowest BCUT2D eigenvalue weighted by molar-refractivity contribution is 0.156. The van der Waals surface area contributed by atoms with Crippen LogP contribution in [0.2, 0.25) is 0 Å². The zero-order valence-electron chi connectivity index (χ0n) is 11.5. The van der Waals surface area contributed by atoms with E-state index in [0.717, 1.165) is 45.0 Å². The van der Waals surface area contributed by atoms with E-state index in [0.29, 0.717) is 18.2 Å². The molecule has 0 bridgehead atoms. The normalized spacial score (nSPS) is 19.9. The van der Waals surface area contributed by atoms with Gasteiger partial charge in [0.15, 0.2) is 0 Å². The molecule has 1 atom stereocenters. The molecular weight excluding hydrogens is 246 g/mol. The van der Waals surface area contributed by atoms with Crippen molar-refractivity contribution in [3.8, 4) is 0 Å². The van der Waals surface area contributed by atoms with E-state index in [2.05, 4.69) is 17.1 Å². The highest BCUT2D eigenvalue weighted by atomic mass is 19.1. The predicted molar refractivity (Wildman–Crippen MR) is 73.0 cm³/mol. The largest absolute Gasteiger partial charge is 0.315 e. The van der Waals surface area contributed by atoms with E-state index in [-0.39, 0.29) is 0 Å². The second-order valence-electron chi connectivity index (χ2n) is 5.21. The van der Waals surface area contributed by atoms with Crippen LogP contribution in [0.5, 0.6) is 0 Å². The van der Waals surface area contributed by atoms with Gasteiger partial charge in [-0.3, -0.25) is 4.90 Å². The van der Waals surface area contributed by atoms with Crippen molar-refractivity contribution >= 4 is 0 Å². The molecule has 1 saturated heterocycles. The summed E-state index contributed by atoms with van der Waals surface area (Å²) in [6.45, 7) is 5.67. The first kappa shape index (κ1) is 14.4. The molecule has 1 N–H and O–H groups in total. The summed E-state index contributed by atoms with van der Waals surface area (Å²) in [6.07, 6.45) is 3.35. The van der Waals surface area contributed by atoms with Gasteiger partial charge in [-0.2, -0.15) is 0 Å². The Morgan fingerprint density at radius 2 is 2.21 bits per heavy atom. The predicted octanol–water partition coefficient (Wildman–Crippen LogP) is 2.93. The number of halogens is 2. The molecule has 0 amide bonds. The quantitative estimate of drug-likeness (QED) is 0.883. The van der Waals surface area contributed by atoms with E-state index in [1.807, 2.05) is 0 Å². The lowest BCUT2D eigenvalue weighted by atomic mass is 10.0. The van der Waals surface area contributed by atoms with Gasteiger partial charge in [-0.1, -0.05) is 13.0 Å². The standard InChI is InChI=1S/C15H22F2N2/c1-2-8-19(14-4-3-7-18-10-14)11-12-5-6-13(16)9-15(12)17/h5-6,9,14,18H,2-4,7-8,10-11H2,1H3. The molecule has 0 radical (unpaired) electrons. The summed E-state index contributed by atoms with van der Waals surface area (Å²) in [5.74, 6) is -0.951. The van der Waals surface area contributed by atoms with E-state index < -0.39 is 11.6 Å². The van der Waals surface area contributed by atoms with Crippen LogP contribution in [0.3, 0.4) is 0 Å². The third-order valence-electron chi connectivity index (χ3n) is 3.69. The minimum Gasteiger partial charge on any atom is -0.315 e. The van der Waals surface area contributed by atoms with Gasteiger partial charge in [-0.15, -0.1) is 0 Å². The number of hydrogen-bond donors (Lipinski definition) is 1. The van der Waals surface area contributed by atoms with E-state index in [4.69, 9.17) is 0 Å². The first-order chi connectivity index (χ1) is 9.20. The zero-order valence-corrected chi connectivity index (χ0v) is 11.5. The van der Waals surface area contributed by atoms with Crippen molar-refractivity contribution < 1.29 is 8.78 Å². The second kappa shape index (κ2) is 6.96. The van der Waals surface area contributed by atoms with Gasteiger partial charge in [0.1, 0.15) is 11.6 Å². The number of rotatable bonds is 5. The Hall–Kier alpha value is -1.00. The summed E-state index contributed by atoms with van der Waals surface area (Å²) >= 11 is 0. The number of hydrogen-bond acceptors (Lipinski definition) is 2. The fraction of sp³-hybridized carbons (Fsp3) is 0.600. The second-order valence-corrected chi connectivity index (χ2v) is 5.21. The SMILES string of the molecule is CCCN(Cc1ccc(F)cc1F)C1CCCNC1. The summed E-state index contributed by atoms with van der Waals surface area (Å²) < 4.78 is 26.7. The Balaban J connectivity index is 2.06. The summed E-state index contributed by atoms with van der Waals surface area (Å²) in [6, 6.07) is 4.32. The fourth-order valence-electron chi connectivity index (χ4n) is 2.69. The molecule has 2 nitrogen and oxygen atoms in total. The molecule has 0 spiro atoms. The Labute approximate surface area is 113 Å². The molecule has 0 saturated carbocycles. The zero-order chi connectivity index (χ0) is 13.7. The molecule has 106 valence electrons. The van der Waals surface area contributed by atoms with Gasteiger partial charge in [0.2, 0.25) is 0 Å². The summed E-state index contributed by atoms with van der Waals surface area (Å²) in [5.41, 5.74) is 0.584. The number of nitrogens with one attached hydrogen (secondary N) is 1. The number of benzene rings is 1. The Morgan fingerprint density at radius 3 is 2.84 bits per heavy atom. The molecule has 19 heavy (non-hydrogen) atoms. The van der Waals surface area contributed by atoms with Crippen LogP contribution in [0, 0.1) is 11.6 Å². The van der Waals surface area contributed by atoms with Crippen molar-refractivity contribution in [3.05, 3.63) is 35.4 Å². The molecule has 1 aromatic carbocycles. The molecule has 1 unspecified atom stereocenters. The smallest absolute Gasteiger partial charge is 0.130 e. The molecule has 1 fully saturated rings. The Bertz CT molecular complexity index is 403. The van der Waals surface area contributed by atoms with Crippen LogP contribution < -0.4 is 5.32 Å². The van der Waals surface area contributed by atoms with Crippen molar-refractivity contribution in [2.45, 2.75) is 38.8 Å². The molecule has 4 heteroatoms. The lowest BCUT2D eigenvalue weighted by Crippen LogP contribution is -2.46. The average molecular weight is 268 g/mol. The highest BCUT2D eigenvalue weighted by Gasteiger charge is 2.21. The third-order valence-corrected chi connectivity index (χ3v) is 3.69. The molecule has 1 heterocycles. The van der Waals surface area contributed by atoms with Crippen molar-refractivity contribution in [2.24, 2.45) is 0 Å². The summed E-state index contributed by atoms with van der Waals surface area (Å²) in [7, 11) is 0. The van der Waals surface area contributed by atoms with Gasteiger partial charge in [-0.05, 0) is 38.4 Å². The number of nitrogens with zero attached hydrogens (tertiary/aromatic N) is 1. The minimum atomic E-state index is -0.511. The third kappa shape index (κ3) is 3.98. The highest BCUT2D eigenvalue weighted by molar-refractivity contribution is 5.18. The van der Waals surface area contributed by atoms with Crippen molar-refractivity contribution in [1.82, 2.24) is 10.2 Å². The first-order valence-corrected chi connectivity index (χ1v) is 7.09. The van der Waals surface area contributed by atoms with Crippen molar-refractivity contribution in [1.29, 1.82) is 0 Å².